The zero-order chi connectivity index (χ0) is 17.3. The van der Waals surface area contributed by atoms with Crippen LogP contribution in [0.25, 0.3) is 10.9 Å². The van der Waals surface area contributed by atoms with Gasteiger partial charge in [0.1, 0.15) is 0 Å². The molecule has 24 heavy (non-hydrogen) atoms. The van der Waals surface area contributed by atoms with E-state index >= 15 is 0 Å². The van der Waals surface area contributed by atoms with Crippen LogP contribution < -0.4 is 5.56 Å². The fraction of sp³-hybridized carbons (Fsp3) is 0.412. The molecule has 3 aromatic rings. The first-order valence-electron chi connectivity index (χ1n) is 7.90. The first-order chi connectivity index (χ1) is 11.5. The predicted octanol–water partition coefficient (Wildman–Crippen LogP) is 3.37. The normalized spacial score (nSPS) is 12.9. The van der Waals surface area contributed by atoms with Gasteiger partial charge >= 0.3 is 0 Å². The van der Waals surface area contributed by atoms with Crippen LogP contribution in [0.15, 0.2) is 38.6 Å². The summed E-state index contributed by atoms with van der Waals surface area (Å²) in [5.74, 6) is 1.66. The Morgan fingerprint density at radius 2 is 1.96 bits per heavy atom. The largest absolute Gasteiger partial charge is 0.424 e. The zero-order valence-electron chi connectivity index (χ0n) is 14.2. The maximum absolute atomic E-state index is 12.5. The van der Waals surface area contributed by atoms with E-state index in [4.69, 9.17) is 4.42 Å². The number of thioether (sulfide) groups is 1. The molecule has 0 aliphatic rings. The Balaban J connectivity index is 1.88. The van der Waals surface area contributed by atoms with E-state index in [2.05, 4.69) is 29.0 Å². The number of rotatable bonds is 5. The number of benzene rings is 1. The number of aromatic nitrogens is 4. The highest BCUT2D eigenvalue weighted by molar-refractivity contribution is 7.99. The van der Waals surface area contributed by atoms with Crippen LogP contribution in [0.4, 0.5) is 0 Å². The van der Waals surface area contributed by atoms with Gasteiger partial charge in [0, 0.05) is 13.5 Å². The molecule has 0 N–H and O–H groups in total. The van der Waals surface area contributed by atoms with Gasteiger partial charge in [-0.05, 0) is 25.0 Å². The SMILES string of the molecule is CC(C)Cc1nnc([C@H](C)Sc2nc3ccccc3c(=O)n2C)o1. The molecule has 6 nitrogen and oxygen atoms in total. The summed E-state index contributed by atoms with van der Waals surface area (Å²) in [6.07, 6.45) is 0.761. The van der Waals surface area contributed by atoms with Crippen molar-refractivity contribution >= 4 is 22.7 Å². The lowest BCUT2D eigenvalue weighted by atomic mass is 10.1. The third-order valence-electron chi connectivity index (χ3n) is 3.64. The molecule has 1 aromatic carbocycles. The molecule has 0 fully saturated rings. The lowest BCUT2D eigenvalue weighted by Gasteiger charge is -2.11. The highest BCUT2D eigenvalue weighted by Crippen LogP contribution is 2.32. The van der Waals surface area contributed by atoms with Gasteiger partial charge in [-0.3, -0.25) is 9.36 Å². The number of para-hydroxylation sites is 1. The van der Waals surface area contributed by atoms with Gasteiger partial charge in [0.25, 0.3) is 5.56 Å². The monoisotopic (exact) mass is 344 g/mol. The second kappa shape index (κ2) is 6.76. The molecule has 2 aromatic heterocycles. The highest BCUT2D eigenvalue weighted by atomic mass is 32.2. The van der Waals surface area contributed by atoms with Crippen LogP contribution in [0.5, 0.6) is 0 Å². The van der Waals surface area contributed by atoms with Crippen molar-refractivity contribution in [2.75, 3.05) is 0 Å². The Bertz CT molecular complexity index is 916. The van der Waals surface area contributed by atoms with Crippen LogP contribution >= 0.6 is 11.8 Å². The van der Waals surface area contributed by atoms with Gasteiger partial charge < -0.3 is 4.42 Å². The van der Waals surface area contributed by atoms with Gasteiger partial charge in [0.05, 0.1) is 16.2 Å². The summed E-state index contributed by atoms with van der Waals surface area (Å²) in [5.41, 5.74) is 0.641. The van der Waals surface area contributed by atoms with Crippen molar-refractivity contribution < 1.29 is 4.42 Å². The van der Waals surface area contributed by atoms with Crippen LogP contribution in [0.2, 0.25) is 0 Å². The van der Waals surface area contributed by atoms with Crippen LogP contribution in [0.3, 0.4) is 0 Å². The standard InChI is InChI=1S/C17H20N4O2S/c1-10(2)9-14-19-20-15(23-14)11(3)24-17-18-13-8-6-5-7-12(13)16(22)21(17)4/h5-8,10-11H,9H2,1-4H3/t11-/m0/s1. The molecular formula is C17H20N4O2S. The van der Waals surface area contributed by atoms with Gasteiger partial charge in [-0.15, -0.1) is 10.2 Å². The molecule has 0 unspecified atom stereocenters. The quantitative estimate of drug-likeness (QED) is 0.522. The minimum Gasteiger partial charge on any atom is -0.424 e. The van der Waals surface area contributed by atoms with Gasteiger partial charge in [-0.25, -0.2) is 4.98 Å². The van der Waals surface area contributed by atoms with Gasteiger partial charge in [-0.2, -0.15) is 0 Å². The fourth-order valence-corrected chi connectivity index (χ4v) is 3.28. The Morgan fingerprint density at radius 3 is 2.71 bits per heavy atom. The molecule has 0 bridgehead atoms. The number of hydrogen-bond acceptors (Lipinski definition) is 6. The van der Waals surface area contributed by atoms with E-state index in [1.54, 1.807) is 17.7 Å². The molecule has 0 amide bonds. The molecule has 0 saturated heterocycles. The molecule has 0 spiro atoms. The number of fused-ring (bicyclic) bond motifs is 1. The molecule has 0 aliphatic heterocycles. The summed E-state index contributed by atoms with van der Waals surface area (Å²) in [6.45, 7) is 6.19. The van der Waals surface area contributed by atoms with Crippen LogP contribution in [-0.2, 0) is 13.5 Å². The molecule has 2 heterocycles. The van der Waals surface area contributed by atoms with E-state index in [0.29, 0.717) is 33.8 Å². The summed E-state index contributed by atoms with van der Waals surface area (Å²) in [7, 11) is 1.73. The molecular weight excluding hydrogens is 324 g/mol. The topological polar surface area (TPSA) is 73.8 Å². The zero-order valence-corrected chi connectivity index (χ0v) is 15.0. The second-order valence-electron chi connectivity index (χ2n) is 6.17. The van der Waals surface area contributed by atoms with Crippen LogP contribution in [0.1, 0.15) is 37.8 Å². The molecule has 0 radical (unpaired) electrons. The molecule has 0 saturated carbocycles. The molecule has 0 aliphatic carbocycles. The van der Waals surface area contributed by atoms with Crippen molar-refractivity contribution in [3.8, 4) is 0 Å². The molecule has 7 heteroatoms. The number of hydrogen-bond donors (Lipinski definition) is 0. The van der Waals surface area contributed by atoms with Crippen LogP contribution in [-0.4, -0.2) is 19.7 Å². The summed E-state index contributed by atoms with van der Waals surface area (Å²) in [5, 5.41) is 9.39. The first-order valence-corrected chi connectivity index (χ1v) is 8.78. The Morgan fingerprint density at radius 1 is 1.21 bits per heavy atom. The average molecular weight is 344 g/mol. The van der Waals surface area contributed by atoms with Crippen molar-refractivity contribution in [3.63, 3.8) is 0 Å². The lowest BCUT2D eigenvalue weighted by molar-refractivity contribution is 0.426. The fourth-order valence-electron chi connectivity index (χ4n) is 2.37. The maximum Gasteiger partial charge on any atom is 0.261 e. The summed E-state index contributed by atoms with van der Waals surface area (Å²) < 4.78 is 7.29. The third kappa shape index (κ3) is 3.36. The highest BCUT2D eigenvalue weighted by Gasteiger charge is 2.19. The van der Waals surface area contributed by atoms with Crippen molar-refractivity contribution in [2.45, 2.75) is 37.6 Å². The van der Waals surface area contributed by atoms with Gasteiger partial charge in [0.2, 0.25) is 11.8 Å². The van der Waals surface area contributed by atoms with Crippen molar-refractivity contribution in [1.29, 1.82) is 0 Å². The molecule has 3 rings (SSSR count). The van der Waals surface area contributed by atoms with Gasteiger partial charge in [-0.1, -0.05) is 37.7 Å². The first kappa shape index (κ1) is 16.7. The van der Waals surface area contributed by atoms with E-state index in [1.165, 1.54) is 11.8 Å². The van der Waals surface area contributed by atoms with Crippen molar-refractivity contribution in [3.05, 3.63) is 46.4 Å². The molecule has 1 atom stereocenters. The van der Waals surface area contributed by atoms with E-state index in [9.17, 15) is 4.79 Å². The summed E-state index contributed by atoms with van der Waals surface area (Å²) in [6, 6.07) is 7.36. The van der Waals surface area contributed by atoms with Crippen LogP contribution in [0, 0.1) is 5.92 Å². The average Bonchev–Trinajstić information content (AvgIpc) is 3.00. The minimum atomic E-state index is -0.0855. The van der Waals surface area contributed by atoms with E-state index in [1.807, 2.05) is 25.1 Å². The minimum absolute atomic E-state index is 0.0543. The van der Waals surface area contributed by atoms with E-state index in [-0.39, 0.29) is 10.8 Å². The second-order valence-corrected chi connectivity index (χ2v) is 7.48. The predicted molar refractivity (Wildman–Crippen MR) is 94.1 cm³/mol. The van der Waals surface area contributed by atoms with E-state index < -0.39 is 0 Å². The smallest absolute Gasteiger partial charge is 0.261 e. The van der Waals surface area contributed by atoms with Gasteiger partial charge in [0.15, 0.2) is 5.16 Å². The Hall–Kier alpha value is -2.15. The number of nitrogens with zero attached hydrogens (tertiary/aromatic N) is 4. The summed E-state index contributed by atoms with van der Waals surface area (Å²) in [4.78, 5) is 17.0. The summed E-state index contributed by atoms with van der Waals surface area (Å²) >= 11 is 1.44. The Labute approximate surface area is 144 Å². The third-order valence-corrected chi connectivity index (χ3v) is 4.77. The van der Waals surface area contributed by atoms with E-state index in [0.717, 1.165) is 6.42 Å². The Kier molecular flexibility index (Phi) is 4.71. The molecule has 126 valence electrons. The van der Waals surface area contributed by atoms with Crippen molar-refractivity contribution in [1.82, 2.24) is 19.7 Å². The maximum atomic E-state index is 12.5. The lowest BCUT2D eigenvalue weighted by Crippen LogP contribution is -2.20. The van der Waals surface area contributed by atoms with Crippen molar-refractivity contribution in [2.24, 2.45) is 13.0 Å².